The highest BCUT2D eigenvalue weighted by molar-refractivity contribution is 6.46. The second-order valence-corrected chi connectivity index (χ2v) is 3.93. The summed E-state index contributed by atoms with van der Waals surface area (Å²) in [4.78, 5) is 13.5. The van der Waals surface area contributed by atoms with E-state index < -0.39 is 0 Å². The zero-order valence-electron chi connectivity index (χ0n) is 9.40. The second kappa shape index (κ2) is 3.96. The van der Waals surface area contributed by atoms with Gasteiger partial charge >= 0.3 is 0 Å². The van der Waals surface area contributed by atoms with Gasteiger partial charge in [0.25, 0.3) is 5.91 Å². The van der Waals surface area contributed by atoms with Crippen LogP contribution in [0.5, 0.6) is 0 Å². The summed E-state index contributed by atoms with van der Waals surface area (Å²) < 4.78 is 0. The number of benzene rings is 1. The van der Waals surface area contributed by atoms with Gasteiger partial charge in [-0.15, -0.1) is 0 Å². The molecule has 0 radical (unpaired) electrons. The van der Waals surface area contributed by atoms with Gasteiger partial charge < -0.3 is 10.1 Å². The summed E-state index contributed by atoms with van der Waals surface area (Å²) in [6.45, 7) is 5.12. The summed E-state index contributed by atoms with van der Waals surface area (Å²) in [6.07, 6.45) is 0. The molecule has 16 heavy (non-hydrogen) atoms. The number of rotatable bonds is 1. The summed E-state index contributed by atoms with van der Waals surface area (Å²) in [6, 6.07) is 5.78. The summed E-state index contributed by atoms with van der Waals surface area (Å²) in [7, 11) is 0. The molecule has 4 heteroatoms. The lowest BCUT2D eigenvalue weighted by molar-refractivity contribution is -0.124. The molecular formula is C12H14N2O2. The molecule has 1 heterocycles. The van der Waals surface area contributed by atoms with Crippen molar-refractivity contribution >= 4 is 11.6 Å². The number of carbonyl (C=O) groups excluding carboxylic acids is 1. The molecule has 2 rings (SSSR count). The number of hydrogen-bond acceptors (Lipinski definition) is 3. The van der Waals surface area contributed by atoms with Crippen LogP contribution in [-0.4, -0.2) is 28.3 Å². The Morgan fingerprint density at radius 2 is 2.25 bits per heavy atom. The molecule has 0 fully saturated rings. The molecule has 1 aliphatic rings. The van der Waals surface area contributed by atoms with Gasteiger partial charge in [-0.2, -0.15) is 0 Å². The molecule has 1 amide bonds. The Morgan fingerprint density at radius 1 is 1.50 bits per heavy atom. The van der Waals surface area contributed by atoms with Crippen LogP contribution in [0.15, 0.2) is 23.4 Å². The van der Waals surface area contributed by atoms with E-state index in [2.05, 4.69) is 5.16 Å². The van der Waals surface area contributed by atoms with Crippen molar-refractivity contribution in [3.8, 4) is 0 Å². The van der Waals surface area contributed by atoms with Crippen LogP contribution >= 0.6 is 0 Å². The van der Waals surface area contributed by atoms with Crippen LogP contribution < -0.4 is 0 Å². The fraction of sp³-hybridized carbons (Fsp3) is 0.333. The molecule has 0 aliphatic carbocycles. The van der Waals surface area contributed by atoms with Crippen molar-refractivity contribution in [3.63, 3.8) is 0 Å². The Hall–Kier alpha value is -1.84. The molecule has 1 aliphatic heterocycles. The van der Waals surface area contributed by atoms with Gasteiger partial charge in [0.15, 0.2) is 5.71 Å². The Labute approximate surface area is 94.2 Å². The fourth-order valence-corrected chi connectivity index (χ4v) is 1.98. The minimum atomic E-state index is -0.207. The van der Waals surface area contributed by atoms with Crippen molar-refractivity contribution < 1.29 is 10.0 Å². The zero-order chi connectivity index (χ0) is 11.7. The average Bonchev–Trinajstić information content (AvgIpc) is 2.28. The largest absolute Gasteiger partial charge is 0.410 e. The number of aryl methyl sites for hydroxylation is 1. The molecule has 0 atom stereocenters. The topological polar surface area (TPSA) is 52.9 Å². The molecule has 0 saturated carbocycles. The first-order chi connectivity index (χ1) is 7.67. The van der Waals surface area contributed by atoms with E-state index in [0.29, 0.717) is 13.1 Å². The van der Waals surface area contributed by atoms with Crippen LogP contribution in [0.1, 0.15) is 23.6 Å². The molecule has 0 saturated heterocycles. The van der Waals surface area contributed by atoms with Crippen molar-refractivity contribution in [3.05, 3.63) is 34.9 Å². The smallest absolute Gasteiger partial charge is 0.276 e. The van der Waals surface area contributed by atoms with E-state index >= 15 is 0 Å². The highest BCUT2D eigenvalue weighted by atomic mass is 16.4. The minimum Gasteiger partial charge on any atom is -0.410 e. The lowest BCUT2D eigenvalue weighted by Crippen LogP contribution is -2.41. The predicted octanol–water partition coefficient (Wildman–Crippen LogP) is 1.54. The van der Waals surface area contributed by atoms with Gasteiger partial charge in [0.1, 0.15) is 0 Å². The maximum atomic E-state index is 11.9. The third kappa shape index (κ3) is 1.56. The molecule has 1 N–H and O–H groups in total. The Kier molecular flexibility index (Phi) is 2.64. The maximum Gasteiger partial charge on any atom is 0.276 e. The van der Waals surface area contributed by atoms with Crippen LogP contribution in [0.4, 0.5) is 0 Å². The molecule has 84 valence electrons. The predicted molar refractivity (Wildman–Crippen MR) is 60.6 cm³/mol. The SMILES string of the molecule is CCN1Cc2cc(C)ccc2/C(=N\O)C1=O. The van der Waals surface area contributed by atoms with Crippen molar-refractivity contribution in [1.29, 1.82) is 0 Å². The zero-order valence-corrected chi connectivity index (χ0v) is 9.40. The van der Waals surface area contributed by atoms with Crippen LogP contribution in [0.2, 0.25) is 0 Å². The quantitative estimate of drug-likeness (QED) is 0.574. The highest BCUT2D eigenvalue weighted by Crippen LogP contribution is 2.21. The number of fused-ring (bicyclic) bond motifs is 1. The van der Waals surface area contributed by atoms with Gasteiger partial charge in [-0.1, -0.05) is 28.9 Å². The summed E-state index contributed by atoms with van der Waals surface area (Å²) >= 11 is 0. The van der Waals surface area contributed by atoms with Crippen LogP contribution in [0.3, 0.4) is 0 Å². The molecule has 1 aromatic rings. The lowest BCUT2D eigenvalue weighted by Gasteiger charge is -2.28. The molecular weight excluding hydrogens is 204 g/mol. The van der Waals surface area contributed by atoms with Gasteiger partial charge in [-0.25, -0.2) is 0 Å². The number of nitrogens with zero attached hydrogens (tertiary/aromatic N) is 2. The Balaban J connectivity index is 2.55. The van der Waals surface area contributed by atoms with Crippen LogP contribution in [0, 0.1) is 6.92 Å². The lowest BCUT2D eigenvalue weighted by atomic mass is 9.96. The van der Waals surface area contributed by atoms with Gasteiger partial charge in [0, 0.05) is 18.7 Å². The van der Waals surface area contributed by atoms with Crippen LogP contribution in [0.25, 0.3) is 0 Å². The average molecular weight is 218 g/mol. The minimum absolute atomic E-state index is 0.142. The van der Waals surface area contributed by atoms with Crippen molar-refractivity contribution in [2.24, 2.45) is 5.16 Å². The molecule has 0 unspecified atom stereocenters. The van der Waals surface area contributed by atoms with Gasteiger partial charge in [-0.05, 0) is 19.4 Å². The number of carbonyl (C=O) groups is 1. The highest BCUT2D eigenvalue weighted by Gasteiger charge is 2.28. The van der Waals surface area contributed by atoms with E-state index in [0.717, 1.165) is 16.7 Å². The monoisotopic (exact) mass is 218 g/mol. The van der Waals surface area contributed by atoms with Crippen molar-refractivity contribution in [1.82, 2.24) is 4.90 Å². The standard InChI is InChI=1S/C12H14N2O2/c1-3-14-7-9-6-8(2)4-5-10(9)11(13-16)12(14)15/h4-6,16H,3,7H2,1-2H3/b13-11+. The molecule has 4 nitrogen and oxygen atoms in total. The second-order valence-electron chi connectivity index (χ2n) is 3.93. The molecule has 0 spiro atoms. The maximum absolute atomic E-state index is 11.9. The van der Waals surface area contributed by atoms with Crippen molar-refractivity contribution in [2.75, 3.05) is 6.54 Å². The number of amides is 1. The molecule has 0 bridgehead atoms. The number of hydrogen-bond donors (Lipinski definition) is 1. The van der Waals surface area contributed by atoms with E-state index in [1.54, 1.807) is 4.90 Å². The normalized spacial score (nSPS) is 17.8. The molecule has 1 aromatic carbocycles. The van der Waals surface area contributed by atoms with Gasteiger partial charge in [0.05, 0.1) is 0 Å². The number of likely N-dealkylation sites (N-methyl/N-ethyl adjacent to an activating group) is 1. The third-order valence-electron chi connectivity index (χ3n) is 2.85. The van der Waals surface area contributed by atoms with E-state index in [-0.39, 0.29) is 11.6 Å². The first-order valence-corrected chi connectivity index (χ1v) is 5.28. The first-order valence-electron chi connectivity index (χ1n) is 5.28. The fourth-order valence-electron chi connectivity index (χ4n) is 1.98. The number of oxime groups is 1. The molecule has 0 aromatic heterocycles. The van der Waals surface area contributed by atoms with Crippen LogP contribution in [-0.2, 0) is 11.3 Å². The Bertz CT molecular complexity index is 466. The van der Waals surface area contributed by atoms with E-state index in [1.807, 2.05) is 32.0 Å². The Morgan fingerprint density at radius 3 is 2.88 bits per heavy atom. The van der Waals surface area contributed by atoms with E-state index in [1.165, 1.54) is 0 Å². The summed E-state index contributed by atoms with van der Waals surface area (Å²) in [5, 5.41) is 12.1. The van der Waals surface area contributed by atoms with E-state index in [4.69, 9.17) is 5.21 Å². The van der Waals surface area contributed by atoms with Gasteiger partial charge in [-0.3, -0.25) is 4.79 Å². The summed E-state index contributed by atoms with van der Waals surface area (Å²) in [5.74, 6) is -0.207. The van der Waals surface area contributed by atoms with Gasteiger partial charge in [0.2, 0.25) is 0 Å². The van der Waals surface area contributed by atoms with E-state index in [9.17, 15) is 4.79 Å². The third-order valence-corrected chi connectivity index (χ3v) is 2.85. The van der Waals surface area contributed by atoms with Crippen molar-refractivity contribution in [2.45, 2.75) is 20.4 Å². The summed E-state index contributed by atoms with van der Waals surface area (Å²) in [5.41, 5.74) is 3.06. The first kappa shape index (κ1) is 10.7.